The van der Waals surface area contributed by atoms with Crippen LogP contribution in [0, 0.1) is 0 Å². The van der Waals surface area contributed by atoms with Crippen molar-refractivity contribution in [2.75, 3.05) is 19.7 Å². The second kappa shape index (κ2) is 8.07. The monoisotopic (exact) mass is 364 g/mol. The Hall–Kier alpha value is -3.09. The Bertz CT molecular complexity index is 935. The van der Waals surface area contributed by atoms with Gasteiger partial charge in [-0.25, -0.2) is 0 Å². The van der Waals surface area contributed by atoms with Gasteiger partial charge in [-0.3, -0.25) is 9.39 Å². The zero-order valence-corrected chi connectivity index (χ0v) is 15.4. The third-order valence-corrected chi connectivity index (χ3v) is 4.60. The van der Waals surface area contributed by atoms with E-state index in [2.05, 4.69) is 33.8 Å². The van der Waals surface area contributed by atoms with Gasteiger partial charge < -0.3 is 15.4 Å². The zero-order chi connectivity index (χ0) is 18.5. The lowest BCUT2D eigenvalue weighted by Crippen LogP contribution is -2.41. The van der Waals surface area contributed by atoms with E-state index in [1.807, 2.05) is 47.0 Å². The highest BCUT2D eigenvalue weighted by Gasteiger charge is 2.21. The number of nitrogens with one attached hydrogen (secondary N) is 2. The fraction of sp³-hybridized carbons (Fsp3) is 0.350. The molecule has 3 aromatic rings. The molecule has 140 valence electrons. The summed E-state index contributed by atoms with van der Waals surface area (Å²) < 4.78 is 7.75. The Morgan fingerprint density at radius 3 is 3.04 bits per heavy atom. The number of pyridine rings is 1. The summed E-state index contributed by atoms with van der Waals surface area (Å²) in [6, 6.07) is 14.3. The third kappa shape index (κ3) is 3.86. The molecule has 2 N–H and O–H groups in total. The van der Waals surface area contributed by atoms with Gasteiger partial charge in [-0.15, -0.1) is 10.2 Å². The van der Waals surface area contributed by atoms with Crippen LogP contribution in [0.1, 0.15) is 30.8 Å². The van der Waals surface area contributed by atoms with Crippen molar-refractivity contribution < 1.29 is 4.74 Å². The van der Waals surface area contributed by atoms with E-state index in [-0.39, 0.29) is 6.04 Å². The van der Waals surface area contributed by atoms with Crippen LogP contribution in [0.25, 0.3) is 5.65 Å². The van der Waals surface area contributed by atoms with Crippen molar-refractivity contribution in [1.29, 1.82) is 0 Å². The molecular formula is C20H24N6O. The van der Waals surface area contributed by atoms with Crippen molar-refractivity contribution in [3.8, 4) is 5.75 Å². The molecule has 0 saturated heterocycles. The number of ether oxygens (including phenoxy) is 1. The summed E-state index contributed by atoms with van der Waals surface area (Å²) in [6.07, 6.45) is 3.62. The van der Waals surface area contributed by atoms with Crippen LogP contribution in [0.5, 0.6) is 5.75 Å². The van der Waals surface area contributed by atoms with Gasteiger partial charge in [-0.1, -0.05) is 24.3 Å². The topological polar surface area (TPSA) is 75.8 Å². The Balaban J connectivity index is 1.45. The van der Waals surface area contributed by atoms with E-state index in [0.29, 0.717) is 13.2 Å². The number of aromatic nitrogens is 3. The number of benzene rings is 1. The van der Waals surface area contributed by atoms with Crippen molar-refractivity contribution in [3.63, 3.8) is 0 Å². The predicted molar refractivity (Wildman–Crippen MR) is 105 cm³/mol. The van der Waals surface area contributed by atoms with Gasteiger partial charge in [0.1, 0.15) is 11.6 Å². The van der Waals surface area contributed by atoms with Gasteiger partial charge in [0.25, 0.3) is 0 Å². The van der Waals surface area contributed by atoms with Crippen LogP contribution in [0.3, 0.4) is 0 Å². The third-order valence-electron chi connectivity index (χ3n) is 4.60. The van der Waals surface area contributed by atoms with Gasteiger partial charge >= 0.3 is 0 Å². The fourth-order valence-corrected chi connectivity index (χ4v) is 3.31. The molecule has 7 heteroatoms. The van der Waals surface area contributed by atoms with Crippen molar-refractivity contribution in [3.05, 3.63) is 60.0 Å². The standard InChI is InChI=1S/C20H24N6O/c1-2-21-20(23-16-11-14-27-17-8-4-3-7-15(16)17)22-12-10-19-25-24-18-9-5-6-13-26(18)19/h3-9,13,16H,2,10-12,14H2,1H3,(H2,21,22,23). The van der Waals surface area contributed by atoms with Crippen molar-refractivity contribution in [2.45, 2.75) is 25.8 Å². The molecule has 1 atom stereocenters. The average molecular weight is 364 g/mol. The number of hydrogen-bond donors (Lipinski definition) is 2. The summed E-state index contributed by atoms with van der Waals surface area (Å²) in [5, 5.41) is 15.3. The van der Waals surface area contributed by atoms with Gasteiger partial charge in [0.2, 0.25) is 0 Å². The Labute approximate surface area is 158 Å². The molecule has 7 nitrogen and oxygen atoms in total. The predicted octanol–water partition coefficient (Wildman–Crippen LogP) is 2.35. The molecule has 2 aromatic heterocycles. The lowest BCUT2D eigenvalue weighted by Gasteiger charge is -2.28. The van der Waals surface area contributed by atoms with Crippen LogP contribution in [-0.2, 0) is 6.42 Å². The number of fused-ring (bicyclic) bond motifs is 2. The minimum absolute atomic E-state index is 0.196. The van der Waals surface area contributed by atoms with Gasteiger partial charge in [-0.05, 0) is 25.1 Å². The maximum absolute atomic E-state index is 5.75. The smallest absolute Gasteiger partial charge is 0.191 e. The summed E-state index contributed by atoms with van der Waals surface area (Å²) in [7, 11) is 0. The van der Waals surface area contributed by atoms with Crippen LogP contribution < -0.4 is 15.4 Å². The summed E-state index contributed by atoms with van der Waals surface area (Å²) in [5.74, 6) is 2.68. The van der Waals surface area contributed by atoms with Gasteiger partial charge in [0.05, 0.1) is 12.6 Å². The van der Waals surface area contributed by atoms with Crippen LogP contribution in [0.4, 0.5) is 0 Å². The number of hydrogen-bond acceptors (Lipinski definition) is 4. The lowest BCUT2D eigenvalue weighted by atomic mass is 10.0. The molecule has 0 amide bonds. The fourth-order valence-electron chi connectivity index (χ4n) is 3.31. The zero-order valence-electron chi connectivity index (χ0n) is 15.4. The van der Waals surface area contributed by atoms with E-state index < -0.39 is 0 Å². The van der Waals surface area contributed by atoms with E-state index in [0.717, 1.165) is 42.6 Å². The lowest BCUT2D eigenvalue weighted by molar-refractivity contribution is 0.261. The van der Waals surface area contributed by atoms with Crippen molar-refractivity contribution >= 4 is 11.6 Å². The van der Waals surface area contributed by atoms with Crippen molar-refractivity contribution in [2.24, 2.45) is 4.99 Å². The summed E-state index contributed by atoms with van der Waals surface area (Å²) in [4.78, 5) is 4.73. The molecule has 3 heterocycles. The first-order valence-corrected chi connectivity index (χ1v) is 9.40. The number of guanidine groups is 1. The number of nitrogens with zero attached hydrogens (tertiary/aromatic N) is 4. The Morgan fingerprint density at radius 1 is 1.22 bits per heavy atom. The second-order valence-electron chi connectivity index (χ2n) is 6.43. The van der Waals surface area contributed by atoms with E-state index >= 15 is 0 Å². The first-order valence-electron chi connectivity index (χ1n) is 9.40. The van der Waals surface area contributed by atoms with E-state index in [1.165, 1.54) is 5.56 Å². The largest absolute Gasteiger partial charge is 0.493 e. The van der Waals surface area contributed by atoms with Gasteiger partial charge in [0.15, 0.2) is 11.6 Å². The van der Waals surface area contributed by atoms with Crippen LogP contribution in [0.2, 0.25) is 0 Å². The molecule has 0 aliphatic carbocycles. The quantitative estimate of drug-likeness (QED) is 0.537. The maximum Gasteiger partial charge on any atom is 0.191 e. The second-order valence-corrected chi connectivity index (χ2v) is 6.43. The summed E-state index contributed by atoms with van der Waals surface area (Å²) in [5.41, 5.74) is 2.04. The number of aliphatic imine (C=N–C) groups is 1. The Morgan fingerprint density at radius 2 is 2.11 bits per heavy atom. The molecule has 27 heavy (non-hydrogen) atoms. The molecule has 0 saturated carbocycles. The first kappa shape index (κ1) is 17.3. The normalized spacial score (nSPS) is 16.6. The molecule has 4 rings (SSSR count). The van der Waals surface area contributed by atoms with Crippen LogP contribution >= 0.6 is 0 Å². The van der Waals surface area contributed by atoms with E-state index in [4.69, 9.17) is 9.73 Å². The Kier molecular flexibility index (Phi) is 5.18. The maximum atomic E-state index is 5.75. The first-order chi connectivity index (χ1) is 13.3. The van der Waals surface area contributed by atoms with Gasteiger partial charge in [0, 0.05) is 37.7 Å². The molecule has 0 spiro atoms. The molecule has 1 aromatic carbocycles. The number of rotatable bonds is 5. The summed E-state index contributed by atoms with van der Waals surface area (Å²) in [6.45, 7) is 4.22. The van der Waals surface area contributed by atoms with Crippen molar-refractivity contribution in [1.82, 2.24) is 25.2 Å². The minimum Gasteiger partial charge on any atom is -0.493 e. The highest BCUT2D eigenvalue weighted by molar-refractivity contribution is 5.80. The molecular weight excluding hydrogens is 340 g/mol. The molecule has 0 fully saturated rings. The van der Waals surface area contributed by atoms with Gasteiger partial charge in [-0.2, -0.15) is 0 Å². The molecule has 0 bridgehead atoms. The molecule has 1 aliphatic rings. The molecule has 1 unspecified atom stereocenters. The molecule has 0 radical (unpaired) electrons. The summed E-state index contributed by atoms with van der Waals surface area (Å²) >= 11 is 0. The van der Waals surface area contributed by atoms with Crippen LogP contribution in [0.15, 0.2) is 53.7 Å². The highest BCUT2D eigenvalue weighted by atomic mass is 16.5. The average Bonchev–Trinajstić information content (AvgIpc) is 3.12. The number of para-hydroxylation sites is 1. The van der Waals surface area contributed by atoms with E-state index in [1.54, 1.807) is 0 Å². The minimum atomic E-state index is 0.196. The molecule has 1 aliphatic heterocycles. The highest BCUT2D eigenvalue weighted by Crippen LogP contribution is 2.31. The van der Waals surface area contributed by atoms with Crippen LogP contribution in [-0.4, -0.2) is 40.3 Å². The SMILES string of the molecule is CCNC(=NCCc1nnc2ccccn12)NC1CCOc2ccccc21. The van der Waals surface area contributed by atoms with E-state index in [9.17, 15) is 0 Å².